The summed E-state index contributed by atoms with van der Waals surface area (Å²) in [6.45, 7) is 2.95. The van der Waals surface area contributed by atoms with Crippen LogP contribution in [0.4, 0.5) is 5.69 Å². The number of rotatable bonds is 19. The van der Waals surface area contributed by atoms with Crippen LogP contribution >= 0.6 is 43.2 Å². The number of hydrogen-bond acceptors (Lipinski definition) is 13. The summed E-state index contributed by atoms with van der Waals surface area (Å²) < 4.78 is 22.8. The molecule has 0 aromatic heterocycles. The SMILES string of the molecule is COc1cc(C(C)=O)cc(CNc2cc(C(C)=O)cc(OC)c2OC(=O)CCCCC2CCSS2)c1OC(=O)CCCCC1CCSS1. The third-order valence-electron chi connectivity index (χ3n) is 8.11. The van der Waals surface area contributed by atoms with Crippen molar-refractivity contribution in [2.45, 2.75) is 95.1 Å². The molecule has 2 heterocycles. The van der Waals surface area contributed by atoms with E-state index >= 15 is 0 Å². The highest BCUT2D eigenvalue weighted by atomic mass is 33.1. The fourth-order valence-corrected chi connectivity index (χ4v) is 11.4. The molecule has 13 heteroatoms. The maximum atomic E-state index is 13.0. The van der Waals surface area contributed by atoms with Gasteiger partial charge in [-0.15, -0.1) is 0 Å². The molecule has 0 saturated carbocycles. The molecule has 2 fully saturated rings. The minimum absolute atomic E-state index is 0.0583. The number of benzene rings is 2. The van der Waals surface area contributed by atoms with Crippen LogP contribution in [0.15, 0.2) is 24.3 Å². The molecule has 1 N–H and O–H groups in total. The molecular weight excluding hydrogens is 691 g/mol. The molecule has 48 heavy (non-hydrogen) atoms. The molecule has 4 rings (SSSR count). The van der Waals surface area contributed by atoms with Crippen LogP contribution in [0, 0.1) is 0 Å². The Morgan fingerprint density at radius 3 is 1.69 bits per heavy atom. The van der Waals surface area contributed by atoms with Gasteiger partial charge in [-0.3, -0.25) is 19.2 Å². The number of unbranched alkanes of at least 4 members (excludes halogenated alkanes) is 2. The third kappa shape index (κ3) is 11.6. The first-order valence-corrected chi connectivity index (χ1v) is 21.1. The molecular formula is C35H45NO8S4. The van der Waals surface area contributed by atoms with E-state index in [2.05, 4.69) is 5.32 Å². The van der Waals surface area contributed by atoms with Crippen molar-refractivity contribution in [3.8, 4) is 23.0 Å². The van der Waals surface area contributed by atoms with Crippen LogP contribution in [0.25, 0.3) is 0 Å². The van der Waals surface area contributed by atoms with Gasteiger partial charge in [0.05, 0.1) is 19.9 Å². The maximum Gasteiger partial charge on any atom is 0.311 e. The van der Waals surface area contributed by atoms with Gasteiger partial charge in [-0.25, -0.2) is 0 Å². The summed E-state index contributed by atoms with van der Waals surface area (Å²) in [6, 6.07) is 6.35. The van der Waals surface area contributed by atoms with Gasteiger partial charge in [0, 0.05) is 58.1 Å². The van der Waals surface area contributed by atoms with E-state index < -0.39 is 11.9 Å². The van der Waals surface area contributed by atoms with Gasteiger partial charge in [0.1, 0.15) is 0 Å². The van der Waals surface area contributed by atoms with Crippen LogP contribution in [0.5, 0.6) is 23.0 Å². The Labute approximate surface area is 299 Å². The minimum atomic E-state index is -0.402. The molecule has 2 aliphatic rings. The molecule has 2 atom stereocenters. The predicted octanol–water partition coefficient (Wildman–Crippen LogP) is 8.96. The van der Waals surface area contributed by atoms with E-state index in [9.17, 15) is 19.2 Å². The molecule has 0 aliphatic carbocycles. The number of carbonyl (C=O) groups is 4. The molecule has 0 radical (unpaired) electrons. The summed E-state index contributed by atoms with van der Waals surface area (Å²) in [5, 5.41) is 4.54. The Bertz CT molecular complexity index is 1330. The van der Waals surface area contributed by atoms with Gasteiger partial charge < -0.3 is 24.3 Å². The Kier molecular flexibility index (Phi) is 15.7. The number of ketones is 2. The van der Waals surface area contributed by atoms with Crippen molar-refractivity contribution >= 4 is 72.4 Å². The Morgan fingerprint density at radius 2 is 1.21 bits per heavy atom. The van der Waals surface area contributed by atoms with Gasteiger partial charge in [0.25, 0.3) is 0 Å². The number of anilines is 1. The van der Waals surface area contributed by atoms with Crippen LogP contribution in [0.3, 0.4) is 0 Å². The van der Waals surface area contributed by atoms with Crippen molar-refractivity contribution in [2.24, 2.45) is 0 Å². The van der Waals surface area contributed by atoms with Crippen LogP contribution in [-0.4, -0.2) is 59.7 Å². The molecule has 9 nitrogen and oxygen atoms in total. The summed E-state index contributed by atoms with van der Waals surface area (Å²) in [7, 11) is 10.6. The highest BCUT2D eigenvalue weighted by Gasteiger charge is 2.23. The van der Waals surface area contributed by atoms with Gasteiger partial charge in [0.15, 0.2) is 34.6 Å². The molecule has 2 aliphatic heterocycles. The summed E-state index contributed by atoms with van der Waals surface area (Å²) in [5.74, 6) is 2.03. The van der Waals surface area contributed by atoms with Crippen LogP contribution in [-0.2, 0) is 16.1 Å². The second-order valence-corrected chi connectivity index (χ2v) is 17.4. The quantitative estimate of drug-likeness (QED) is 0.0487. The summed E-state index contributed by atoms with van der Waals surface area (Å²) in [4.78, 5) is 50.8. The van der Waals surface area contributed by atoms with E-state index in [0.29, 0.717) is 45.7 Å². The summed E-state index contributed by atoms with van der Waals surface area (Å²) in [6.07, 6.45) is 8.36. The van der Waals surface area contributed by atoms with E-state index in [1.54, 1.807) is 24.3 Å². The van der Waals surface area contributed by atoms with Gasteiger partial charge >= 0.3 is 11.9 Å². The second kappa shape index (κ2) is 19.6. The zero-order valence-corrected chi connectivity index (χ0v) is 31.3. The number of ether oxygens (including phenoxy) is 4. The summed E-state index contributed by atoms with van der Waals surface area (Å²) in [5.41, 5.74) is 1.57. The fraction of sp³-hybridized carbons (Fsp3) is 0.543. The first-order chi connectivity index (χ1) is 23.2. The molecule has 0 bridgehead atoms. The molecule has 0 amide bonds. The zero-order valence-electron chi connectivity index (χ0n) is 28.1. The first-order valence-electron chi connectivity index (χ1n) is 16.3. The smallest absolute Gasteiger partial charge is 0.311 e. The van der Waals surface area contributed by atoms with E-state index in [4.69, 9.17) is 18.9 Å². The highest BCUT2D eigenvalue weighted by molar-refractivity contribution is 8.77. The van der Waals surface area contributed by atoms with Gasteiger partial charge in [-0.05, 0) is 76.6 Å². The second-order valence-electron chi connectivity index (χ2n) is 11.8. The number of methoxy groups -OCH3 is 2. The van der Waals surface area contributed by atoms with Crippen molar-refractivity contribution < 1.29 is 38.1 Å². The molecule has 2 saturated heterocycles. The van der Waals surface area contributed by atoms with Gasteiger partial charge in [-0.2, -0.15) is 0 Å². The molecule has 262 valence electrons. The van der Waals surface area contributed by atoms with Crippen molar-refractivity contribution in [3.05, 3.63) is 41.0 Å². The lowest BCUT2D eigenvalue weighted by atomic mass is 10.0. The number of esters is 2. The lowest BCUT2D eigenvalue weighted by molar-refractivity contribution is -0.135. The van der Waals surface area contributed by atoms with Crippen molar-refractivity contribution in [1.82, 2.24) is 0 Å². The van der Waals surface area contributed by atoms with Crippen LogP contribution < -0.4 is 24.3 Å². The van der Waals surface area contributed by atoms with Crippen LogP contribution in [0.1, 0.15) is 104 Å². The number of nitrogens with one attached hydrogen (secondary N) is 1. The standard InChI is InChI=1S/C35H45NO8S4/c1-22(37)24-17-26(34(30(19-24)41-3)43-32(39)11-7-5-9-27-13-15-45-47-27)21-36-29-18-25(23(2)38)20-31(42-4)35(29)44-33(40)12-8-6-10-28-14-16-46-48-28/h17-20,27-28,36H,5-16,21H2,1-4H3. The minimum Gasteiger partial charge on any atom is -0.493 e. The zero-order chi connectivity index (χ0) is 34.5. The largest absolute Gasteiger partial charge is 0.493 e. The molecule has 2 aromatic rings. The fourth-order valence-electron chi connectivity index (χ4n) is 5.39. The lowest BCUT2D eigenvalue weighted by Gasteiger charge is -2.19. The van der Waals surface area contributed by atoms with Crippen LogP contribution in [0.2, 0.25) is 0 Å². The van der Waals surface area contributed by atoms with E-state index in [1.807, 2.05) is 43.2 Å². The normalized spacial score (nSPS) is 17.2. The van der Waals surface area contributed by atoms with Gasteiger partial charge in [-0.1, -0.05) is 56.0 Å². The maximum absolute atomic E-state index is 13.0. The molecule has 2 unspecified atom stereocenters. The average Bonchev–Trinajstić information content (AvgIpc) is 3.79. The topological polar surface area (TPSA) is 117 Å². The van der Waals surface area contributed by atoms with Crippen molar-refractivity contribution in [3.63, 3.8) is 0 Å². The Balaban J connectivity index is 1.50. The Morgan fingerprint density at radius 1 is 0.708 bits per heavy atom. The highest BCUT2D eigenvalue weighted by Crippen LogP contribution is 2.42. The lowest BCUT2D eigenvalue weighted by Crippen LogP contribution is -2.14. The monoisotopic (exact) mass is 735 g/mol. The van der Waals surface area contributed by atoms with Crippen molar-refractivity contribution in [1.29, 1.82) is 0 Å². The number of carbonyl (C=O) groups excluding carboxylic acids is 4. The average molecular weight is 736 g/mol. The van der Waals surface area contributed by atoms with Gasteiger partial charge in [0.2, 0.25) is 0 Å². The van der Waals surface area contributed by atoms with E-state index in [1.165, 1.54) is 52.4 Å². The third-order valence-corrected chi connectivity index (χ3v) is 14.1. The Hall–Kier alpha value is -2.48. The van der Waals surface area contributed by atoms with Crippen molar-refractivity contribution in [2.75, 3.05) is 31.0 Å². The predicted molar refractivity (Wildman–Crippen MR) is 198 cm³/mol. The molecule has 2 aromatic carbocycles. The number of hydrogen-bond donors (Lipinski definition) is 1. The number of Topliss-reactive ketones (excluding diaryl/α,β-unsaturated/α-hetero) is 2. The van der Waals surface area contributed by atoms with E-state index in [0.717, 1.165) is 25.7 Å². The van der Waals surface area contributed by atoms with E-state index in [-0.39, 0.29) is 54.0 Å². The first kappa shape index (κ1) is 38.3. The molecule has 0 spiro atoms. The summed E-state index contributed by atoms with van der Waals surface area (Å²) >= 11 is 0.